The maximum absolute atomic E-state index is 5.48. The van der Waals surface area contributed by atoms with Gasteiger partial charge in [0, 0.05) is 12.5 Å². The van der Waals surface area contributed by atoms with Crippen LogP contribution in [-0.2, 0) is 6.42 Å². The van der Waals surface area contributed by atoms with Gasteiger partial charge in [0.25, 0.3) is 0 Å². The van der Waals surface area contributed by atoms with E-state index in [0.717, 1.165) is 35.8 Å². The molecule has 1 unspecified atom stereocenters. The number of ether oxygens (including phenoxy) is 2. The van der Waals surface area contributed by atoms with Gasteiger partial charge in [0.1, 0.15) is 17.3 Å². The van der Waals surface area contributed by atoms with Gasteiger partial charge in [0.2, 0.25) is 0 Å². The third-order valence-electron chi connectivity index (χ3n) is 3.25. The van der Waals surface area contributed by atoms with Crippen molar-refractivity contribution in [2.24, 2.45) is 0 Å². The molecule has 0 fully saturated rings. The fraction of sp³-hybridized carbons (Fsp3) is 0.375. The highest BCUT2D eigenvalue weighted by Gasteiger charge is 2.21. The smallest absolute Gasteiger partial charge is 0.127 e. The zero-order valence-corrected chi connectivity index (χ0v) is 12.2. The Balaban J connectivity index is 2.37. The van der Waals surface area contributed by atoms with E-state index in [4.69, 9.17) is 13.9 Å². The van der Waals surface area contributed by atoms with Crippen molar-refractivity contribution in [3.05, 3.63) is 47.9 Å². The Bertz CT molecular complexity index is 500. The molecule has 0 aliphatic heterocycles. The standard InChI is InChI=1S/C16H21NO3/c1-4-17-13(11-12-7-6-10-20-12)16-14(18-2)8-5-9-15(16)19-3/h5-10,13,17H,4,11H2,1-3H3. The van der Waals surface area contributed by atoms with Gasteiger partial charge in [-0.1, -0.05) is 13.0 Å². The van der Waals surface area contributed by atoms with Crippen LogP contribution in [-0.4, -0.2) is 20.8 Å². The minimum atomic E-state index is 0.0808. The SMILES string of the molecule is CCNC(Cc1ccco1)c1c(OC)cccc1OC. The van der Waals surface area contributed by atoms with Gasteiger partial charge in [-0.2, -0.15) is 0 Å². The molecular weight excluding hydrogens is 254 g/mol. The Morgan fingerprint density at radius 2 is 1.80 bits per heavy atom. The van der Waals surface area contributed by atoms with Crippen molar-refractivity contribution in [2.75, 3.05) is 20.8 Å². The van der Waals surface area contributed by atoms with Gasteiger partial charge in [-0.15, -0.1) is 0 Å². The number of likely N-dealkylation sites (N-methyl/N-ethyl adjacent to an activating group) is 1. The summed E-state index contributed by atoms with van der Waals surface area (Å²) in [6, 6.07) is 9.78. The van der Waals surface area contributed by atoms with E-state index in [1.165, 1.54) is 0 Å². The summed E-state index contributed by atoms with van der Waals surface area (Å²) in [5.41, 5.74) is 1.02. The molecule has 1 heterocycles. The van der Waals surface area contributed by atoms with E-state index in [1.807, 2.05) is 30.3 Å². The van der Waals surface area contributed by atoms with Crippen molar-refractivity contribution in [3.63, 3.8) is 0 Å². The van der Waals surface area contributed by atoms with Crippen molar-refractivity contribution in [1.29, 1.82) is 0 Å². The van der Waals surface area contributed by atoms with Crippen LogP contribution in [0.4, 0.5) is 0 Å². The topological polar surface area (TPSA) is 43.6 Å². The maximum atomic E-state index is 5.48. The summed E-state index contributed by atoms with van der Waals surface area (Å²) in [7, 11) is 3.35. The van der Waals surface area contributed by atoms with Crippen molar-refractivity contribution in [1.82, 2.24) is 5.32 Å². The number of furan rings is 1. The molecule has 20 heavy (non-hydrogen) atoms. The van der Waals surface area contributed by atoms with E-state index in [-0.39, 0.29) is 6.04 Å². The van der Waals surface area contributed by atoms with Crippen molar-refractivity contribution < 1.29 is 13.9 Å². The molecule has 1 aromatic carbocycles. The summed E-state index contributed by atoms with van der Waals surface area (Å²) < 4.78 is 16.4. The number of nitrogens with one attached hydrogen (secondary N) is 1. The van der Waals surface area contributed by atoms with Crippen LogP contribution >= 0.6 is 0 Å². The summed E-state index contributed by atoms with van der Waals surface area (Å²) in [6.45, 7) is 2.93. The van der Waals surface area contributed by atoms with Gasteiger partial charge in [0.05, 0.1) is 26.0 Å². The Morgan fingerprint density at radius 3 is 2.30 bits per heavy atom. The Hall–Kier alpha value is -1.94. The second-order valence-electron chi connectivity index (χ2n) is 4.47. The predicted octanol–water partition coefficient (Wildman–Crippen LogP) is 3.19. The number of methoxy groups -OCH3 is 2. The van der Waals surface area contributed by atoms with Crippen LogP contribution in [0.3, 0.4) is 0 Å². The largest absolute Gasteiger partial charge is 0.496 e. The molecule has 1 aromatic heterocycles. The first-order chi connectivity index (χ1) is 9.80. The molecule has 1 atom stereocenters. The number of benzene rings is 1. The lowest BCUT2D eigenvalue weighted by Gasteiger charge is -2.22. The highest BCUT2D eigenvalue weighted by molar-refractivity contribution is 5.47. The fourth-order valence-electron chi connectivity index (χ4n) is 2.38. The number of rotatable bonds is 7. The van der Waals surface area contributed by atoms with E-state index in [0.29, 0.717) is 0 Å². The van der Waals surface area contributed by atoms with Gasteiger partial charge >= 0.3 is 0 Å². The molecule has 2 rings (SSSR count). The molecular formula is C16H21NO3. The molecule has 0 radical (unpaired) electrons. The summed E-state index contributed by atoms with van der Waals surface area (Å²) in [4.78, 5) is 0. The van der Waals surface area contributed by atoms with Crippen LogP contribution in [0, 0.1) is 0 Å². The predicted molar refractivity (Wildman–Crippen MR) is 78.4 cm³/mol. The average Bonchev–Trinajstić information content (AvgIpc) is 2.99. The molecule has 0 aliphatic carbocycles. The van der Waals surface area contributed by atoms with E-state index in [9.17, 15) is 0 Å². The third-order valence-corrected chi connectivity index (χ3v) is 3.25. The molecule has 0 saturated heterocycles. The molecule has 4 nitrogen and oxygen atoms in total. The van der Waals surface area contributed by atoms with E-state index < -0.39 is 0 Å². The minimum absolute atomic E-state index is 0.0808. The Morgan fingerprint density at radius 1 is 1.10 bits per heavy atom. The van der Waals surface area contributed by atoms with Gasteiger partial charge in [-0.3, -0.25) is 0 Å². The van der Waals surface area contributed by atoms with Gasteiger partial charge in [-0.25, -0.2) is 0 Å². The third kappa shape index (κ3) is 3.14. The summed E-state index contributed by atoms with van der Waals surface area (Å²) in [6.07, 6.45) is 2.44. The molecule has 0 bridgehead atoms. The minimum Gasteiger partial charge on any atom is -0.496 e. The van der Waals surface area contributed by atoms with E-state index >= 15 is 0 Å². The molecule has 0 spiro atoms. The van der Waals surface area contributed by atoms with E-state index in [2.05, 4.69) is 12.2 Å². The van der Waals surface area contributed by atoms with Crippen LogP contribution in [0.25, 0.3) is 0 Å². The van der Waals surface area contributed by atoms with Gasteiger partial charge in [-0.05, 0) is 30.8 Å². The second-order valence-corrected chi connectivity index (χ2v) is 4.47. The molecule has 108 valence electrons. The van der Waals surface area contributed by atoms with Crippen LogP contribution in [0.5, 0.6) is 11.5 Å². The molecule has 0 amide bonds. The first kappa shape index (κ1) is 14.5. The lowest BCUT2D eigenvalue weighted by molar-refractivity contribution is 0.365. The zero-order valence-electron chi connectivity index (χ0n) is 12.2. The van der Waals surface area contributed by atoms with Gasteiger partial charge in [0.15, 0.2) is 0 Å². The van der Waals surface area contributed by atoms with Crippen molar-refractivity contribution in [2.45, 2.75) is 19.4 Å². The lowest BCUT2D eigenvalue weighted by Crippen LogP contribution is -2.24. The Labute approximate surface area is 119 Å². The molecule has 2 aromatic rings. The average molecular weight is 275 g/mol. The summed E-state index contributed by atoms with van der Waals surface area (Å²) in [5, 5.41) is 3.47. The van der Waals surface area contributed by atoms with Crippen molar-refractivity contribution in [3.8, 4) is 11.5 Å². The van der Waals surface area contributed by atoms with Crippen LogP contribution < -0.4 is 14.8 Å². The lowest BCUT2D eigenvalue weighted by atomic mass is 10.00. The number of hydrogen-bond donors (Lipinski definition) is 1. The Kier molecular flexibility index (Phi) is 5.07. The highest BCUT2D eigenvalue weighted by atomic mass is 16.5. The van der Waals surface area contributed by atoms with Crippen LogP contribution in [0.15, 0.2) is 41.0 Å². The zero-order chi connectivity index (χ0) is 14.4. The first-order valence-electron chi connectivity index (χ1n) is 6.76. The number of hydrogen-bond acceptors (Lipinski definition) is 4. The monoisotopic (exact) mass is 275 g/mol. The molecule has 0 saturated carbocycles. The maximum Gasteiger partial charge on any atom is 0.127 e. The van der Waals surface area contributed by atoms with Crippen LogP contribution in [0.2, 0.25) is 0 Å². The molecule has 4 heteroatoms. The summed E-state index contributed by atoms with van der Waals surface area (Å²) >= 11 is 0. The fourth-order valence-corrected chi connectivity index (χ4v) is 2.38. The van der Waals surface area contributed by atoms with Crippen molar-refractivity contribution >= 4 is 0 Å². The normalized spacial score (nSPS) is 12.2. The van der Waals surface area contributed by atoms with E-state index in [1.54, 1.807) is 20.5 Å². The molecule has 0 aliphatic rings. The van der Waals surface area contributed by atoms with Crippen LogP contribution in [0.1, 0.15) is 24.3 Å². The van der Waals surface area contributed by atoms with Gasteiger partial charge < -0.3 is 19.2 Å². The summed E-state index contributed by atoms with van der Waals surface area (Å²) in [5.74, 6) is 2.58. The second kappa shape index (κ2) is 7.01. The molecule has 1 N–H and O–H groups in total. The highest BCUT2D eigenvalue weighted by Crippen LogP contribution is 2.35. The quantitative estimate of drug-likeness (QED) is 0.842. The first-order valence-corrected chi connectivity index (χ1v) is 6.76.